The molecule has 1 aliphatic rings. The number of methoxy groups -OCH3 is 1. The van der Waals surface area contributed by atoms with E-state index < -0.39 is 17.5 Å². The quantitative estimate of drug-likeness (QED) is 0.742. The highest BCUT2D eigenvalue weighted by molar-refractivity contribution is 8.13. The highest BCUT2D eigenvalue weighted by Crippen LogP contribution is 2.31. The van der Waals surface area contributed by atoms with Crippen LogP contribution < -0.4 is 5.32 Å². The average Bonchev–Trinajstić information content (AvgIpc) is 2.28. The number of carbonyl (C=O) groups excluding carboxylic acids is 2. The van der Waals surface area contributed by atoms with E-state index in [1.54, 1.807) is 0 Å². The maximum atomic E-state index is 13.4. The zero-order valence-corrected chi connectivity index (χ0v) is 9.06. The predicted octanol–water partition coefficient (Wildman–Crippen LogP) is 1.05. The Kier molecular flexibility index (Phi) is 2.78. The van der Waals surface area contributed by atoms with Crippen LogP contribution in [-0.4, -0.2) is 29.7 Å². The first-order valence-corrected chi connectivity index (χ1v) is 5.17. The lowest BCUT2D eigenvalue weighted by atomic mass is 10.3. The molecule has 0 radical (unpaired) electrons. The minimum atomic E-state index is -0.862. The largest absolute Gasteiger partial charge is 0.464 e. The summed E-state index contributed by atoms with van der Waals surface area (Å²) in [5.74, 6) is -1.63. The van der Waals surface area contributed by atoms with Crippen LogP contribution in [0.1, 0.15) is 10.5 Å². The third-order valence-electron chi connectivity index (χ3n) is 1.95. The smallest absolute Gasteiger partial charge is 0.359 e. The van der Waals surface area contributed by atoms with E-state index in [2.05, 4.69) is 15.0 Å². The van der Waals surface area contributed by atoms with Crippen LogP contribution in [0.3, 0.4) is 0 Å². The van der Waals surface area contributed by atoms with Gasteiger partial charge in [-0.15, -0.1) is 0 Å². The molecule has 1 aliphatic heterocycles. The van der Waals surface area contributed by atoms with E-state index in [1.807, 2.05) is 0 Å². The minimum Gasteiger partial charge on any atom is -0.464 e. The third-order valence-corrected chi connectivity index (χ3v) is 2.83. The number of hydrogen-bond donors (Lipinski definition) is 1. The van der Waals surface area contributed by atoms with E-state index >= 15 is 0 Å². The molecule has 0 bridgehead atoms. The van der Waals surface area contributed by atoms with Gasteiger partial charge in [-0.25, -0.2) is 14.2 Å². The van der Waals surface area contributed by atoms with Gasteiger partial charge in [0.05, 0.1) is 19.3 Å². The van der Waals surface area contributed by atoms with Crippen LogP contribution >= 0.6 is 11.8 Å². The van der Waals surface area contributed by atoms with Gasteiger partial charge in [0.2, 0.25) is 5.12 Å². The van der Waals surface area contributed by atoms with Crippen molar-refractivity contribution in [2.75, 3.05) is 19.0 Å². The van der Waals surface area contributed by atoms with Gasteiger partial charge in [-0.1, -0.05) is 0 Å². The van der Waals surface area contributed by atoms with E-state index in [-0.39, 0.29) is 16.7 Å². The number of halogens is 1. The van der Waals surface area contributed by atoms with Gasteiger partial charge in [-0.2, -0.15) is 0 Å². The molecule has 2 rings (SSSR count). The highest BCUT2D eigenvalue weighted by atomic mass is 32.2. The lowest BCUT2D eigenvalue weighted by Gasteiger charge is -2.15. The summed E-state index contributed by atoms with van der Waals surface area (Å²) < 4.78 is 17.8. The average molecular weight is 242 g/mol. The molecule has 0 aromatic carbocycles. The summed E-state index contributed by atoms with van der Waals surface area (Å²) in [6.07, 6.45) is 0. The lowest BCUT2D eigenvalue weighted by Crippen LogP contribution is -2.19. The predicted molar refractivity (Wildman–Crippen MR) is 54.9 cm³/mol. The molecular weight excluding hydrogens is 235 g/mol. The minimum absolute atomic E-state index is 0.121. The SMILES string of the molecule is COC(=O)c1nc2c(cc1F)NCC(=O)S2. The van der Waals surface area contributed by atoms with Gasteiger partial charge in [-0.3, -0.25) is 4.79 Å². The highest BCUT2D eigenvalue weighted by Gasteiger charge is 2.23. The summed E-state index contributed by atoms with van der Waals surface area (Å²) in [5, 5.41) is 2.87. The summed E-state index contributed by atoms with van der Waals surface area (Å²) in [6, 6.07) is 1.13. The molecule has 1 aromatic heterocycles. The molecule has 0 amide bonds. The third kappa shape index (κ3) is 1.85. The van der Waals surface area contributed by atoms with Crippen molar-refractivity contribution in [1.82, 2.24) is 4.98 Å². The fraction of sp³-hybridized carbons (Fsp3) is 0.222. The topological polar surface area (TPSA) is 68.3 Å². The van der Waals surface area contributed by atoms with Gasteiger partial charge >= 0.3 is 5.97 Å². The second-order valence-electron chi connectivity index (χ2n) is 2.99. The van der Waals surface area contributed by atoms with Gasteiger partial charge < -0.3 is 10.1 Å². The molecule has 0 saturated carbocycles. The number of nitrogens with zero attached hydrogens (tertiary/aromatic N) is 1. The number of hydrogen-bond acceptors (Lipinski definition) is 6. The summed E-state index contributed by atoms with van der Waals surface area (Å²) >= 11 is 0.876. The first-order chi connectivity index (χ1) is 7.61. The zero-order valence-electron chi connectivity index (χ0n) is 8.24. The number of thioether (sulfide) groups is 1. The number of rotatable bonds is 1. The zero-order chi connectivity index (χ0) is 11.7. The molecule has 5 nitrogen and oxygen atoms in total. The van der Waals surface area contributed by atoms with E-state index in [4.69, 9.17) is 0 Å². The van der Waals surface area contributed by atoms with Crippen LogP contribution in [0.2, 0.25) is 0 Å². The summed E-state index contributed by atoms with van der Waals surface area (Å²) in [7, 11) is 1.14. The van der Waals surface area contributed by atoms with Crippen LogP contribution in [0.5, 0.6) is 0 Å². The Balaban J connectivity index is 2.46. The van der Waals surface area contributed by atoms with E-state index in [0.717, 1.165) is 24.9 Å². The number of pyridine rings is 1. The normalized spacial score (nSPS) is 14.0. The molecule has 0 aliphatic carbocycles. The van der Waals surface area contributed by atoms with Gasteiger partial charge in [-0.05, 0) is 11.8 Å². The second-order valence-corrected chi connectivity index (χ2v) is 4.04. The van der Waals surface area contributed by atoms with Crippen molar-refractivity contribution in [3.05, 3.63) is 17.6 Å². The van der Waals surface area contributed by atoms with Gasteiger partial charge in [0, 0.05) is 6.07 Å². The summed E-state index contributed by atoms with van der Waals surface area (Å²) in [4.78, 5) is 26.0. The van der Waals surface area contributed by atoms with Gasteiger partial charge in [0.1, 0.15) is 5.03 Å². The molecule has 84 valence electrons. The Morgan fingerprint density at radius 1 is 1.69 bits per heavy atom. The van der Waals surface area contributed by atoms with Crippen molar-refractivity contribution in [3.63, 3.8) is 0 Å². The maximum absolute atomic E-state index is 13.4. The van der Waals surface area contributed by atoms with Crippen molar-refractivity contribution in [3.8, 4) is 0 Å². The van der Waals surface area contributed by atoms with Crippen LogP contribution in [0.25, 0.3) is 0 Å². The van der Waals surface area contributed by atoms with Gasteiger partial charge in [0.15, 0.2) is 11.5 Å². The molecule has 1 N–H and O–H groups in total. The lowest BCUT2D eigenvalue weighted by molar-refractivity contribution is -0.109. The van der Waals surface area contributed by atoms with Crippen molar-refractivity contribution in [2.45, 2.75) is 5.03 Å². The number of fused-ring (bicyclic) bond motifs is 1. The van der Waals surface area contributed by atoms with Crippen LogP contribution in [0.4, 0.5) is 10.1 Å². The first-order valence-electron chi connectivity index (χ1n) is 4.35. The van der Waals surface area contributed by atoms with Crippen molar-refractivity contribution in [2.24, 2.45) is 0 Å². The first kappa shape index (κ1) is 10.9. The Bertz CT molecular complexity index is 478. The fourth-order valence-corrected chi connectivity index (χ4v) is 1.97. The number of anilines is 1. The second kappa shape index (κ2) is 4.09. The standard InChI is InChI=1S/C9H7FN2O3S/c1-15-9(14)7-4(10)2-5-8(12-7)16-6(13)3-11-5/h2,11H,3H2,1H3. The fourth-order valence-electron chi connectivity index (χ4n) is 1.23. The number of esters is 1. The molecular formula is C9H7FN2O3S. The number of aromatic nitrogens is 1. The number of ether oxygens (including phenoxy) is 1. The molecule has 0 saturated heterocycles. The Hall–Kier alpha value is -1.63. The number of nitrogens with one attached hydrogen (secondary N) is 1. The monoisotopic (exact) mass is 242 g/mol. The molecule has 16 heavy (non-hydrogen) atoms. The van der Waals surface area contributed by atoms with Crippen LogP contribution in [0, 0.1) is 5.82 Å². The Morgan fingerprint density at radius 2 is 2.44 bits per heavy atom. The van der Waals surface area contributed by atoms with Crippen molar-refractivity contribution >= 4 is 28.5 Å². The maximum Gasteiger partial charge on any atom is 0.359 e. The van der Waals surface area contributed by atoms with Gasteiger partial charge in [0.25, 0.3) is 0 Å². The summed E-state index contributed by atoms with van der Waals surface area (Å²) in [5.41, 5.74) is 0.00000283. The van der Waals surface area contributed by atoms with E-state index in [0.29, 0.717) is 5.69 Å². The molecule has 0 spiro atoms. The Labute approximate surface area is 94.4 Å². The number of carbonyl (C=O) groups is 2. The molecule has 7 heteroatoms. The van der Waals surface area contributed by atoms with E-state index in [1.165, 1.54) is 0 Å². The molecule has 2 heterocycles. The summed E-state index contributed by atoms with van der Waals surface area (Å²) in [6.45, 7) is 0.121. The molecule has 0 atom stereocenters. The van der Waals surface area contributed by atoms with Crippen LogP contribution in [-0.2, 0) is 9.53 Å². The molecule has 0 fully saturated rings. The van der Waals surface area contributed by atoms with Crippen molar-refractivity contribution in [1.29, 1.82) is 0 Å². The molecule has 1 aromatic rings. The van der Waals surface area contributed by atoms with Crippen molar-refractivity contribution < 1.29 is 18.7 Å². The van der Waals surface area contributed by atoms with E-state index in [9.17, 15) is 14.0 Å². The Morgan fingerprint density at radius 3 is 3.12 bits per heavy atom. The van der Waals surface area contributed by atoms with Crippen LogP contribution in [0.15, 0.2) is 11.1 Å². The molecule has 0 unspecified atom stereocenters.